The molecule has 0 N–H and O–H groups in total. The number of carbonyl (C=O) groups excluding carboxylic acids is 3. The first-order chi connectivity index (χ1) is 10.5. The minimum absolute atomic E-state index is 0.172. The first-order valence-electron chi connectivity index (χ1n) is 6.54. The average Bonchev–Trinajstić information content (AvgIpc) is 3.08. The highest BCUT2D eigenvalue weighted by Gasteiger charge is 2.23. The minimum Gasteiger partial charge on any atom is -0.463 e. The van der Waals surface area contributed by atoms with Crippen molar-refractivity contribution in [2.24, 2.45) is 7.05 Å². The van der Waals surface area contributed by atoms with E-state index >= 15 is 0 Å². The lowest BCUT2D eigenvalue weighted by atomic mass is 10.1. The molecule has 1 aromatic heterocycles. The van der Waals surface area contributed by atoms with Gasteiger partial charge in [0.05, 0.1) is 24.7 Å². The summed E-state index contributed by atoms with van der Waals surface area (Å²) in [7, 11) is 2.81. The fourth-order valence-corrected chi connectivity index (χ4v) is 2.42. The molecule has 7 heteroatoms. The maximum atomic E-state index is 12.2. The van der Waals surface area contributed by atoms with E-state index in [1.807, 2.05) is 0 Å². The summed E-state index contributed by atoms with van der Waals surface area (Å²) >= 11 is 0. The van der Waals surface area contributed by atoms with Crippen molar-refractivity contribution in [3.8, 4) is 11.5 Å². The number of benzene rings is 1. The van der Waals surface area contributed by atoms with E-state index in [1.165, 1.54) is 0 Å². The quantitative estimate of drug-likeness (QED) is 0.365. The van der Waals surface area contributed by atoms with Crippen molar-refractivity contribution < 1.29 is 28.6 Å². The van der Waals surface area contributed by atoms with Gasteiger partial charge >= 0.3 is 5.97 Å². The smallest absolute Gasteiger partial charge is 0.374 e. The Labute approximate surface area is 125 Å². The number of methoxy groups -OCH3 is 1. The van der Waals surface area contributed by atoms with Gasteiger partial charge in [0.2, 0.25) is 12.6 Å². The SMILES string of the molecule is COC(=O)C(=O)CC(=O)c1cc2cc3c(cc2n1C)OCO3. The maximum absolute atomic E-state index is 12.2. The number of hydrogen-bond acceptors (Lipinski definition) is 6. The van der Waals surface area contributed by atoms with Crippen LogP contribution in [0.1, 0.15) is 16.9 Å². The molecule has 0 bridgehead atoms. The largest absolute Gasteiger partial charge is 0.463 e. The number of esters is 1. The summed E-state index contributed by atoms with van der Waals surface area (Å²) in [6.45, 7) is 0.172. The van der Waals surface area contributed by atoms with Gasteiger partial charge in [0.1, 0.15) is 0 Å². The Balaban J connectivity index is 1.94. The fraction of sp³-hybridized carbons (Fsp3) is 0.267. The van der Waals surface area contributed by atoms with E-state index in [2.05, 4.69) is 4.74 Å². The number of nitrogens with zero attached hydrogens (tertiary/aromatic N) is 1. The number of Topliss-reactive ketones (excluding diaryl/α,β-unsaturated/α-hetero) is 2. The molecule has 0 saturated heterocycles. The third-order valence-electron chi connectivity index (χ3n) is 3.56. The molecule has 22 heavy (non-hydrogen) atoms. The Kier molecular flexibility index (Phi) is 3.32. The van der Waals surface area contributed by atoms with Crippen molar-refractivity contribution in [1.29, 1.82) is 0 Å². The molecule has 1 aliphatic heterocycles. The minimum atomic E-state index is -1.02. The third-order valence-corrected chi connectivity index (χ3v) is 3.56. The topological polar surface area (TPSA) is 83.8 Å². The van der Waals surface area contributed by atoms with Crippen molar-refractivity contribution >= 4 is 28.4 Å². The van der Waals surface area contributed by atoms with E-state index in [9.17, 15) is 14.4 Å². The van der Waals surface area contributed by atoms with Gasteiger partial charge < -0.3 is 18.8 Å². The van der Waals surface area contributed by atoms with Crippen LogP contribution in [0.25, 0.3) is 10.9 Å². The highest BCUT2D eigenvalue weighted by Crippen LogP contribution is 2.37. The number of ketones is 2. The van der Waals surface area contributed by atoms with Crippen LogP contribution < -0.4 is 9.47 Å². The van der Waals surface area contributed by atoms with Crippen LogP contribution in [0.3, 0.4) is 0 Å². The van der Waals surface area contributed by atoms with Crippen molar-refractivity contribution in [2.45, 2.75) is 6.42 Å². The first-order valence-corrected chi connectivity index (χ1v) is 6.54. The summed E-state index contributed by atoms with van der Waals surface area (Å²) in [4.78, 5) is 34.8. The lowest BCUT2D eigenvalue weighted by molar-refractivity contribution is -0.151. The van der Waals surface area contributed by atoms with Crippen molar-refractivity contribution in [3.05, 3.63) is 23.9 Å². The summed E-state index contributed by atoms with van der Waals surface area (Å²) in [5.41, 5.74) is 1.11. The zero-order valence-corrected chi connectivity index (χ0v) is 12.0. The first kappa shape index (κ1) is 14.1. The summed E-state index contributed by atoms with van der Waals surface area (Å²) < 4.78 is 16.6. The van der Waals surface area contributed by atoms with Gasteiger partial charge in [0.15, 0.2) is 17.3 Å². The normalized spacial score (nSPS) is 12.5. The number of ether oxygens (including phenoxy) is 3. The lowest BCUT2D eigenvalue weighted by Crippen LogP contribution is -2.20. The molecule has 0 aliphatic carbocycles. The molecule has 7 nitrogen and oxygen atoms in total. The van der Waals surface area contributed by atoms with Gasteiger partial charge in [0.25, 0.3) is 0 Å². The van der Waals surface area contributed by atoms with Crippen LogP contribution in [0.4, 0.5) is 0 Å². The van der Waals surface area contributed by atoms with Crippen LogP contribution in [0.15, 0.2) is 18.2 Å². The Hall–Kier alpha value is -2.83. The summed E-state index contributed by atoms with van der Waals surface area (Å²) in [6.07, 6.45) is -0.524. The second-order valence-electron chi connectivity index (χ2n) is 4.87. The van der Waals surface area contributed by atoms with E-state index in [0.29, 0.717) is 17.2 Å². The number of carbonyl (C=O) groups is 3. The molecule has 2 heterocycles. The molecule has 3 rings (SSSR count). The summed E-state index contributed by atoms with van der Waals surface area (Å²) in [6, 6.07) is 5.21. The van der Waals surface area contributed by atoms with Crippen molar-refractivity contribution in [3.63, 3.8) is 0 Å². The van der Waals surface area contributed by atoms with Gasteiger partial charge in [-0.05, 0) is 12.1 Å². The molecule has 0 saturated carbocycles. The van der Waals surface area contributed by atoms with E-state index < -0.39 is 24.0 Å². The highest BCUT2D eigenvalue weighted by molar-refractivity contribution is 6.38. The molecule has 0 spiro atoms. The zero-order chi connectivity index (χ0) is 15.9. The molecular weight excluding hydrogens is 290 g/mol. The summed E-state index contributed by atoms with van der Waals surface area (Å²) in [5, 5.41) is 0.792. The van der Waals surface area contributed by atoms with E-state index in [0.717, 1.165) is 18.0 Å². The van der Waals surface area contributed by atoms with Crippen LogP contribution in [0.2, 0.25) is 0 Å². The molecular formula is C15H13NO6. The van der Waals surface area contributed by atoms with Gasteiger partial charge in [-0.3, -0.25) is 9.59 Å². The highest BCUT2D eigenvalue weighted by atomic mass is 16.7. The predicted molar refractivity (Wildman–Crippen MR) is 75.0 cm³/mol. The van der Waals surface area contributed by atoms with Crippen molar-refractivity contribution in [1.82, 2.24) is 4.57 Å². The van der Waals surface area contributed by atoms with Gasteiger partial charge in [0, 0.05) is 18.5 Å². The monoisotopic (exact) mass is 303 g/mol. The second-order valence-corrected chi connectivity index (χ2v) is 4.87. The number of rotatable bonds is 4. The number of aryl methyl sites for hydroxylation is 1. The fourth-order valence-electron chi connectivity index (χ4n) is 2.42. The van der Waals surface area contributed by atoms with E-state index in [-0.39, 0.29) is 6.79 Å². The molecule has 0 fully saturated rings. The van der Waals surface area contributed by atoms with Gasteiger partial charge in [-0.25, -0.2) is 4.79 Å². The zero-order valence-electron chi connectivity index (χ0n) is 12.0. The number of aromatic nitrogens is 1. The van der Waals surface area contributed by atoms with Gasteiger partial charge in [-0.1, -0.05) is 0 Å². The van der Waals surface area contributed by atoms with Crippen LogP contribution in [-0.4, -0.2) is 36.0 Å². The molecule has 2 aromatic rings. The Morgan fingerprint density at radius 1 is 1.18 bits per heavy atom. The standard InChI is InChI=1S/C15H13NO6/c1-16-9-5-14-13(21-7-22-14)4-8(9)3-10(16)11(17)6-12(18)15(19)20-2/h3-5H,6-7H2,1-2H3. The maximum Gasteiger partial charge on any atom is 0.374 e. The van der Waals surface area contributed by atoms with Crippen molar-refractivity contribution in [2.75, 3.05) is 13.9 Å². The Bertz CT molecular complexity index is 804. The molecule has 0 amide bonds. The third kappa shape index (κ3) is 2.20. The van der Waals surface area contributed by atoms with Gasteiger partial charge in [-0.2, -0.15) is 0 Å². The molecule has 114 valence electrons. The lowest BCUT2D eigenvalue weighted by Gasteiger charge is -2.03. The molecule has 0 atom stereocenters. The van der Waals surface area contributed by atoms with Crippen LogP contribution in [-0.2, 0) is 21.4 Å². The molecule has 0 radical (unpaired) electrons. The summed E-state index contributed by atoms with van der Waals surface area (Å²) in [5.74, 6) is -1.11. The molecule has 1 aromatic carbocycles. The number of hydrogen-bond donors (Lipinski definition) is 0. The Morgan fingerprint density at radius 2 is 1.86 bits per heavy atom. The Morgan fingerprint density at radius 3 is 2.55 bits per heavy atom. The predicted octanol–water partition coefficient (Wildman–Crippen LogP) is 1.22. The second kappa shape index (κ2) is 5.18. The average molecular weight is 303 g/mol. The van der Waals surface area contributed by atoms with E-state index in [1.54, 1.807) is 29.8 Å². The van der Waals surface area contributed by atoms with Gasteiger partial charge in [-0.15, -0.1) is 0 Å². The number of fused-ring (bicyclic) bond motifs is 2. The van der Waals surface area contributed by atoms with Crippen LogP contribution >= 0.6 is 0 Å². The van der Waals surface area contributed by atoms with Crippen LogP contribution in [0.5, 0.6) is 11.5 Å². The molecule has 1 aliphatic rings. The van der Waals surface area contributed by atoms with E-state index in [4.69, 9.17) is 9.47 Å². The van der Waals surface area contributed by atoms with Crippen LogP contribution in [0, 0.1) is 0 Å². The molecule has 0 unspecified atom stereocenters.